The number of carbonyl (C=O) groups excluding carboxylic acids is 3. The number of hydrogen-bond acceptors (Lipinski definition) is 4. The molecular formula is C12H20N2O3S. The van der Waals surface area contributed by atoms with Crippen LogP contribution in [0.2, 0.25) is 0 Å². The topological polar surface area (TPSA) is 66.5 Å². The fourth-order valence-corrected chi connectivity index (χ4v) is 3.32. The lowest BCUT2D eigenvalue weighted by Gasteiger charge is -2.16. The van der Waals surface area contributed by atoms with Gasteiger partial charge in [-0.05, 0) is 6.42 Å². The van der Waals surface area contributed by atoms with Crippen molar-refractivity contribution in [2.24, 2.45) is 0 Å². The van der Waals surface area contributed by atoms with Gasteiger partial charge < -0.3 is 5.32 Å². The lowest BCUT2D eigenvalue weighted by Crippen LogP contribution is -2.40. The number of nitrogens with one attached hydrogen (secondary N) is 1. The SMILES string of the molecule is CCCC(C)SC1CC(=O)N(CC(=O)NC)C1=O. The summed E-state index contributed by atoms with van der Waals surface area (Å²) in [5, 5.41) is 2.46. The third-order valence-corrected chi connectivity index (χ3v) is 4.27. The van der Waals surface area contributed by atoms with Crippen LogP contribution < -0.4 is 5.32 Å². The van der Waals surface area contributed by atoms with Gasteiger partial charge in [-0.2, -0.15) is 0 Å². The third kappa shape index (κ3) is 3.73. The smallest absolute Gasteiger partial charge is 0.243 e. The van der Waals surface area contributed by atoms with Crippen LogP contribution in [0.25, 0.3) is 0 Å². The molecule has 0 saturated carbocycles. The zero-order valence-electron chi connectivity index (χ0n) is 11.1. The van der Waals surface area contributed by atoms with E-state index in [1.807, 2.05) is 0 Å². The van der Waals surface area contributed by atoms with Crippen molar-refractivity contribution >= 4 is 29.5 Å². The molecule has 0 aliphatic carbocycles. The summed E-state index contributed by atoms with van der Waals surface area (Å²) in [6, 6.07) is 0. The summed E-state index contributed by atoms with van der Waals surface area (Å²) in [6.07, 6.45) is 2.30. The van der Waals surface area contributed by atoms with E-state index in [9.17, 15) is 14.4 Å². The van der Waals surface area contributed by atoms with Crippen molar-refractivity contribution in [2.75, 3.05) is 13.6 Å². The maximum absolute atomic E-state index is 12.0. The molecule has 6 heteroatoms. The fourth-order valence-electron chi connectivity index (χ4n) is 1.90. The summed E-state index contributed by atoms with van der Waals surface area (Å²) < 4.78 is 0. The Morgan fingerprint density at radius 2 is 2.22 bits per heavy atom. The standard InChI is InChI=1S/C12H20N2O3S/c1-4-5-8(2)18-9-6-11(16)14(12(9)17)7-10(15)13-3/h8-9H,4-7H2,1-3H3,(H,13,15). The third-order valence-electron chi connectivity index (χ3n) is 2.87. The second kappa shape index (κ2) is 6.78. The zero-order chi connectivity index (χ0) is 13.7. The van der Waals surface area contributed by atoms with E-state index in [4.69, 9.17) is 0 Å². The van der Waals surface area contributed by atoms with Crippen LogP contribution in [0.5, 0.6) is 0 Å². The highest BCUT2D eigenvalue weighted by molar-refractivity contribution is 8.01. The quantitative estimate of drug-likeness (QED) is 0.726. The molecular weight excluding hydrogens is 252 g/mol. The van der Waals surface area contributed by atoms with E-state index < -0.39 is 0 Å². The Kier molecular flexibility index (Phi) is 5.65. The Labute approximate surface area is 112 Å². The first kappa shape index (κ1) is 15.0. The largest absolute Gasteiger partial charge is 0.358 e. The highest BCUT2D eigenvalue weighted by Crippen LogP contribution is 2.29. The predicted molar refractivity (Wildman–Crippen MR) is 71.2 cm³/mol. The Morgan fingerprint density at radius 3 is 2.78 bits per heavy atom. The molecule has 2 unspecified atom stereocenters. The Bertz CT molecular complexity index is 346. The molecule has 1 rings (SSSR count). The van der Waals surface area contributed by atoms with Gasteiger partial charge in [-0.15, -0.1) is 11.8 Å². The minimum absolute atomic E-state index is 0.159. The maximum atomic E-state index is 12.0. The van der Waals surface area contributed by atoms with Gasteiger partial charge in [0.05, 0.1) is 5.25 Å². The molecule has 1 fully saturated rings. The Balaban J connectivity index is 2.58. The molecule has 0 aromatic carbocycles. The number of amides is 3. The zero-order valence-corrected chi connectivity index (χ0v) is 11.9. The monoisotopic (exact) mass is 272 g/mol. The van der Waals surface area contributed by atoms with Crippen molar-refractivity contribution < 1.29 is 14.4 Å². The summed E-state index contributed by atoms with van der Waals surface area (Å²) in [5.41, 5.74) is 0. The predicted octanol–water partition coefficient (Wildman–Crippen LogP) is 0.782. The second-order valence-corrected chi connectivity index (χ2v) is 6.07. The van der Waals surface area contributed by atoms with E-state index in [-0.39, 0.29) is 35.9 Å². The van der Waals surface area contributed by atoms with E-state index in [1.54, 1.807) is 0 Å². The van der Waals surface area contributed by atoms with Gasteiger partial charge in [-0.3, -0.25) is 19.3 Å². The molecule has 0 bridgehead atoms. The molecule has 1 heterocycles. The first-order valence-corrected chi connectivity index (χ1v) is 7.14. The lowest BCUT2D eigenvalue weighted by atomic mass is 10.3. The maximum Gasteiger partial charge on any atom is 0.243 e. The van der Waals surface area contributed by atoms with E-state index in [1.165, 1.54) is 18.8 Å². The number of likely N-dealkylation sites (N-methyl/N-ethyl adjacent to an activating group) is 1. The molecule has 1 aliphatic rings. The van der Waals surface area contributed by atoms with Gasteiger partial charge in [0, 0.05) is 18.7 Å². The minimum Gasteiger partial charge on any atom is -0.358 e. The van der Waals surface area contributed by atoms with Gasteiger partial charge in [-0.25, -0.2) is 0 Å². The second-order valence-electron chi connectivity index (χ2n) is 4.42. The van der Waals surface area contributed by atoms with Gasteiger partial charge in [0.25, 0.3) is 0 Å². The van der Waals surface area contributed by atoms with Crippen LogP contribution in [0, 0.1) is 0 Å². The van der Waals surface area contributed by atoms with Gasteiger partial charge in [0.15, 0.2) is 0 Å². The Morgan fingerprint density at radius 1 is 1.56 bits per heavy atom. The molecule has 1 aliphatic heterocycles. The highest BCUT2D eigenvalue weighted by Gasteiger charge is 2.40. The molecule has 3 amide bonds. The van der Waals surface area contributed by atoms with Gasteiger partial charge in [0.1, 0.15) is 6.54 Å². The molecule has 0 aromatic rings. The lowest BCUT2D eigenvalue weighted by molar-refractivity contribution is -0.142. The minimum atomic E-state index is -0.316. The van der Waals surface area contributed by atoms with E-state index in [0.717, 1.165) is 17.7 Å². The van der Waals surface area contributed by atoms with Crippen LogP contribution >= 0.6 is 11.8 Å². The molecule has 0 radical (unpaired) electrons. The number of nitrogens with zero attached hydrogens (tertiary/aromatic N) is 1. The molecule has 0 aromatic heterocycles. The number of hydrogen-bond donors (Lipinski definition) is 1. The van der Waals surface area contributed by atoms with Gasteiger partial charge in [0.2, 0.25) is 17.7 Å². The molecule has 102 valence electrons. The van der Waals surface area contributed by atoms with Crippen LogP contribution in [-0.2, 0) is 14.4 Å². The summed E-state index contributed by atoms with van der Waals surface area (Å²) in [6.45, 7) is 4.00. The summed E-state index contributed by atoms with van der Waals surface area (Å²) in [7, 11) is 1.49. The number of carbonyl (C=O) groups is 3. The van der Waals surface area contributed by atoms with E-state index in [0.29, 0.717) is 5.25 Å². The van der Waals surface area contributed by atoms with Crippen LogP contribution in [0.15, 0.2) is 0 Å². The van der Waals surface area contributed by atoms with Crippen molar-refractivity contribution in [1.82, 2.24) is 10.2 Å². The van der Waals surface area contributed by atoms with Gasteiger partial charge in [-0.1, -0.05) is 20.3 Å². The summed E-state index contributed by atoms with van der Waals surface area (Å²) >= 11 is 1.54. The van der Waals surface area contributed by atoms with Crippen molar-refractivity contribution in [3.8, 4) is 0 Å². The van der Waals surface area contributed by atoms with Crippen molar-refractivity contribution in [3.63, 3.8) is 0 Å². The average Bonchev–Trinajstić information content (AvgIpc) is 2.57. The molecule has 5 nitrogen and oxygen atoms in total. The van der Waals surface area contributed by atoms with Gasteiger partial charge >= 0.3 is 0 Å². The van der Waals surface area contributed by atoms with Crippen molar-refractivity contribution in [2.45, 2.75) is 43.6 Å². The number of likely N-dealkylation sites (tertiary alicyclic amines) is 1. The van der Waals surface area contributed by atoms with Crippen LogP contribution in [0.1, 0.15) is 33.1 Å². The molecule has 18 heavy (non-hydrogen) atoms. The average molecular weight is 272 g/mol. The number of imide groups is 1. The number of rotatable bonds is 6. The fraction of sp³-hybridized carbons (Fsp3) is 0.750. The van der Waals surface area contributed by atoms with E-state index in [2.05, 4.69) is 19.2 Å². The highest BCUT2D eigenvalue weighted by atomic mass is 32.2. The van der Waals surface area contributed by atoms with Crippen molar-refractivity contribution in [3.05, 3.63) is 0 Å². The van der Waals surface area contributed by atoms with Crippen LogP contribution in [0.4, 0.5) is 0 Å². The normalized spacial score (nSPS) is 21.3. The molecule has 0 spiro atoms. The molecule has 1 N–H and O–H groups in total. The first-order chi connectivity index (χ1) is 8.49. The molecule has 1 saturated heterocycles. The summed E-state index contributed by atoms with van der Waals surface area (Å²) in [5.74, 6) is -0.787. The molecule has 2 atom stereocenters. The van der Waals surface area contributed by atoms with Crippen LogP contribution in [0.3, 0.4) is 0 Å². The summed E-state index contributed by atoms with van der Waals surface area (Å²) in [4.78, 5) is 36.0. The van der Waals surface area contributed by atoms with Crippen LogP contribution in [-0.4, -0.2) is 46.7 Å². The first-order valence-electron chi connectivity index (χ1n) is 6.19. The Hall–Kier alpha value is -1.04. The number of thioether (sulfide) groups is 1. The van der Waals surface area contributed by atoms with E-state index >= 15 is 0 Å². The van der Waals surface area contributed by atoms with Crippen molar-refractivity contribution in [1.29, 1.82) is 0 Å².